The molecule has 132 valence electrons. The summed E-state index contributed by atoms with van der Waals surface area (Å²) in [6.07, 6.45) is 5.87. The van der Waals surface area contributed by atoms with E-state index in [-0.39, 0.29) is 11.7 Å². The van der Waals surface area contributed by atoms with E-state index in [0.717, 1.165) is 30.9 Å². The number of hydrogen-bond acceptors (Lipinski definition) is 2. The number of carbonyl (C=O) groups is 1. The number of aromatic amines is 1. The fraction of sp³-hybridized carbons (Fsp3) is 0.500. The highest BCUT2D eigenvalue weighted by Gasteiger charge is 2.38. The molecule has 2 aromatic rings. The van der Waals surface area contributed by atoms with Crippen LogP contribution in [0.4, 0.5) is 4.39 Å². The van der Waals surface area contributed by atoms with Crippen LogP contribution in [0.15, 0.2) is 30.3 Å². The third-order valence-corrected chi connectivity index (χ3v) is 5.79. The van der Waals surface area contributed by atoms with Crippen LogP contribution in [0.3, 0.4) is 0 Å². The number of fused-ring (bicyclic) bond motifs is 1. The van der Waals surface area contributed by atoms with Gasteiger partial charge >= 0.3 is 0 Å². The van der Waals surface area contributed by atoms with Crippen molar-refractivity contribution in [2.24, 2.45) is 11.8 Å². The first-order chi connectivity index (χ1) is 12.1. The Hall–Kier alpha value is -2.17. The predicted molar refractivity (Wildman–Crippen MR) is 94.5 cm³/mol. The monoisotopic (exact) mass is 341 g/mol. The molecule has 4 rings (SSSR count). The molecule has 1 saturated carbocycles. The number of benzene rings is 1. The van der Waals surface area contributed by atoms with Crippen molar-refractivity contribution in [1.82, 2.24) is 15.1 Å². The minimum atomic E-state index is -0.276. The first kappa shape index (κ1) is 16.3. The Morgan fingerprint density at radius 3 is 2.84 bits per heavy atom. The molecule has 1 aliphatic carbocycles. The van der Waals surface area contributed by atoms with Gasteiger partial charge in [-0.25, -0.2) is 4.39 Å². The number of nitrogens with one attached hydrogen (secondary N) is 1. The van der Waals surface area contributed by atoms with Gasteiger partial charge in [0, 0.05) is 18.2 Å². The van der Waals surface area contributed by atoms with Gasteiger partial charge in [0.25, 0.3) is 5.91 Å². The molecule has 2 fully saturated rings. The number of nitrogens with zero attached hydrogens (tertiary/aromatic N) is 2. The van der Waals surface area contributed by atoms with E-state index in [1.54, 1.807) is 18.2 Å². The lowest BCUT2D eigenvalue weighted by Gasteiger charge is -2.45. The van der Waals surface area contributed by atoms with E-state index in [1.807, 2.05) is 0 Å². The van der Waals surface area contributed by atoms with Crippen molar-refractivity contribution in [2.45, 2.75) is 45.1 Å². The second-order valence-corrected chi connectivity index (χ2v) is 7.56. The summed E-state index contributed by atoms with van der Waals surface area (Å²) < 4.78 is 13.1. The molecule has 2 heterocycles. The maximum absolute atomic E-state index is 13.1. The summed E-state index contributed by atoms with van der Waals surface area (Å²) in [6, 6.07) is 8.33. The molecule has 1 aromatic heterocycles. The van der Waals surface area contributed by atoms with Crippen LogP contribution in [0.5, 0.6) is 0 Å². The normalized spacial score (nSPS) is 26.3. The van der Waals surface area contributed by atoms with Crippen LogP contribution < -0.4 is 0 Å². The van der Waals surface area contributed by atoms with E-state index in [1.165, 1.54) is 31.4 Å². The third kappa shape index (κ3) is 3.20. The van der Waals surface area contributed by atoms with E-state index in [4.69, 9.17) is 0 Å². The maximum atomic E-state index is 13.1. The van der Waals surface area contributed by atoms with Gasteiger partial charge in [-0.2, -0.15) is 5.10 Å². The van der Waals surface area contributed by atoms with Gasteiger partial charge in [0.1, 0.15) is 11.5 Å². The smallest absolute Gasteiger partial charge is 0.272 e. The number of aromatic nitrogens is 2. The van der Waals surface area contributed by atoms with Gasteiger partial charge in [-0.05, 0) is 74.3 Å². The van der Waals surface area contributed by atoms with Crippen LogP contribution in [-0.2, 0) is 0 Å². The minimum absolute atomic E-state index is 0.0464. The van der Waals surface area contributed by atoms with Crippen LogP contribution in [0.1, 0.15) is 49.5 Å². The molecule has 1 aliphatic heterocycles. The van der Waals surface area contributed by atoms with Gasteiger partial charge in [0.05, 0.1) is 5.69 Å². The lowest BCUT2D eigenvalue weighted by atomic mass is 9.74. The fourth-order valence-electron chi connectivity index (χ4n) is 4.50. The van der Waals surface area contributed by atoms with Crippen LogP contribution in [0, 0.1) is 17.7 Å². The van der Waals surface area contributed by atoms with Crippen molar-refractivity contribution in [2.75, 3.05) is 6.54 Å². The lowest BCUT2D eigenvalue weighted by Crippen LogP contribution is -2.50. The Morgan fingerprint density at radius 2 is 2.04 bits per heavy atom. The molecule has 1 amide bonds. The minimum Gasteiger partial charge on any atom is -0.334 e. The van der Waals surface area contributed by atoms with Crippen molar-refractivity contribution in [1.29, 1.82) is 0 Å². The second kappa shape index (κ2) is 6.62. The summed E-state index contributed by atoms with van der Waals surface area (Å²) in [4.78, 5) is 15.1. The number of rotatable bonds is 2. The first-order valence-electron chi connectivity index (χ1n) is 9.24. The van der Waals surface area contributed by atoms with E-state index >= 15 is 0 Å². The Morgan fingerprint density at radius 1 is 1.24 bits per heavy atom. The highest BCUT2D eigenvalue weighted by molar-refractivity contribution is 5.93. The van der Waals surface area contributed by atoms with Crippen molar-refractivity contribution in [3.8, 4) is 11.3 Å². The summed E-state index contributed by atoms with van der Waals surface area (Å²) in [5.41, 5.74) is 2.01. The topological polar surface area (TPSA) is 49.0 Å². The van der Waals surface area contributed by atoms with Gasteiger partial charge in [-0.1, -0.05) is 6.92 Å². The number of piperidine rings is 1. The van der Waals surface area contributed by atoms with Crippen molar-refractivity contribution >= 4 is 5.91 Å². The highest BCUT2D eigenvalue weighted by Crippen LogP contribution is 2.38. The van der Waals surface area contributed by atoms with E-state index in [0.29, 0.717) is 23.3 Å². The molecule has 0 spiro atoms. The van der Waals surface area contributed by atoms with Crippen molar-refractivity contribution in [3.63, 3.8) is 0 Å². The van der Waals surface area contributed by atoms with Gasteiger partial charge in [0.2, 0.25) is 0 Å². The molecule has 0 radical (unpaired) electrons. The number of halogens is 1. The number of hydrogen-bond donors (Lipinski definition) is 1. The molecule has 1 N–H and O–H groups in total. The fourth-order valence-corrected chi connectivity index (χ4v) is 4.50. The Kier molecular flexibility index (Phi) is 4.32. The van der Waals surface area contributed by atoms with E-state index < -0.39 is 0 Å². The molecule has 25 heavy (non-hydrogen) atoms. The third-order valence-electron chi connectivity index (χ3n) is 5.79. The zero-order valence-corrected chi connectivity index (χ0v) is 14.5. The highest BCUT2D eigenvalue weighted by atomic mass is 19.1. The Bertz CT molecular complexity index is 755. The van der Waals surface area contributed by atoms with Crippen LogP contribution in [0.2, 0.25) is 0 Å². The van der Waals surface area contributed by atoms with Gasteiger partial charge in [0.15, 0.2) is 0 Å². The number of carbonyl (C=O) groups excluding carboxylic acids is 1. The van der Waals surface area contributed by atoms with Gasteiger partial charge in [-0.15, -0.1) is 0 Å². The molecule has 5 heteroatoms. The Labute approximate surface area is 147 Å². The Balaban J connectivity index is 1.53. The largest absolute Gasteiger partial charge is 0.334 e. The summed E-state index contributed by atoms with van der Waals surface area (Å²) in [6.45, 7) is 3.15. The number of likely N-dealkylation sites (tertiary alicyclic amines) is 1. The molecule has 2 aliphatic rings. The van der Waals surface area contributed by atoms with Crippen molar-refractivity contribution < 1.29 is 9.18 Å². The molecule has 1 aromatic carbocycles. The average molecular weight is 341 g/mol. The summed E-state index contributed by atoms with van der Waals surface area (Å²) >= 11 is 0. The standard InChI is InChI=1S/C20H24FN3O/c1-13-4-9-19-15(11-13)3-2-10-24(19)20(25)18-12-17(22-23-18)14-5-7-16(21)8-6-14/h5-8,12-13,15,19H,2-4,9-11H2,1H3,(H,22,23)/t13-,15-,19-/m1/s1. The molecular formula is C20H24FN3O. The first-order valence-corrected chi connectivity index (χ1v) is 9.24. The maximum Gasteiger partial charge on any atom is 0.272 e. The molecule has 4 nitrogen and oxygen atoms in total. The molecular weight excluding hydrogens is 317 g/mol. The van der Waals surface area contributed by atoms with E-state index in [2.05, 4.69) is 22.0 Å². The zero-order valence-electron chi connectivity index (χ0n) is 14.5. The lowest BCUT2D eigenvalue weighted by molar-refractivity contribution is 0.0317. The SMILES string of the molecule is C[C@@H]1CC[C@@H]2[C@H](CCCN2C(=O)c2cc(-c3ccc(F)cc3)n[nH]2)C1. The second-order valence-electron chi connectivity index (χ2n) is 7.56. The number of H-pyrrole nitrogens is 1. The van der Waals surface area contributed by atoms with Crippen molar-refractivity contribution in [3.05, 3.63) is 41.8 Å². The van der Waals surface area contributed by atoms with Crippen LogP contribution in [-0.4, -0.2) is 33.6 Å². The predicted octanol–water partition coefficient (Wildman–Crippen LogP) is 4.26. The molecule has 1 saturated heterocycles. The molecule has 0 bridgehead atoms. The van der Waals surface area contributed by atoms with E-state index in [9.17, 15) is 9.18 Å². The molecule has 3 atom stereocenters. The summed E-state index contributed by atoms with van der Waals surface area (Å²) in [7, 11) is 0. The number of amides is 1. The molecule has 0 unspecified atom stereocenters. The van der Waals surface area contributed by atoms with Crippen LogP contribution >= 0.6 is 0 Å². The van der Waals surface area contributed by atoms with Gasteiger partial charge in [-0.3, -0.25) is 9.89 Å². The van der Waals surface area contributed by atoms with Crippen LogP contribution in [0.25, 0.3) is 11.3 Å². The average Bonchev–Trinajstić information content (AvgIpc) is 3.11. The van der Waals surface area contributed by atoms with Gasteiger partial charge < -0.3 is 4.90 Å². The summed E-state index contributed by atoms with van der Waals surface area (Å²) in [5, 5.41) is 7.14. The summed E-state index contributed by atoms with van der Waals surface area (Å²) in [5.74, 6) is 1.18. The quantitative estimate of drug-likeness (QED) is 0.887. The zero-order chi connectivity index (χ0) is 17.4.